The van der Waals surface area contributed by atoms with Gasteiger partial charge in [0, 0.05) is 12.8 Å². The average Bonchev–Trinajstić information content (AvgIpc) is 3.02. The molecule has 0 aromatic heterocycles. The lowest BCUT2D eigenvalue weighted by Gasteiger charge is -2.15. The maximum absolute atomic E-state index is 12.1. The van der Waals surface area contributed by atoms with E-state index in [2.05, 4.69) is 74.6 Å². The summed E-state index contributed by atoms with van der Waals surface area (Å²) < 4.78 is 10.5. The van der Waals surface area contributed by atoms with Crippen LogP contribution in [-0.4, -0.2) is 36.4 Å². The van der Waals surface area contributed by atoms with Gasteiger partial charge in [0.05, 0.1) is 6.61 Å². The highest BCUT2D eigenvalue weighted by atomic mass is 16.6. The fraction of sp³-hybridized carbons (Fsp3) is 0.692. The summed E-state index contributed by atoms with van der Waals surface area (Å²) in [5.74, 6) is -0.635. The molecule has 5 heteroatoms. The Morgan fingerprint density at radius 3 is 1.50 bits per heavy atom. The number of allylic oxidation sites excluding steroid dienone is 10. The molecule has 1 atom stereocenters. The molecule has 0 saturated heterocycles. The molecule has 0 aromatic carbocycles. The lowest BCUT2D eigenvalue weighted by Crippen LogP contribution is -2.28. The van der Waals surface area contributed by atoms with Crippen molar-refractivity contribution in [2.75, 3.05) is 13.2 Å². The van der Waals surface area contributed by atoms with E-state index in [0.29, 0.717) is 12.8 Å². The van der Waals surface area contributed by atoms with E-state index in [1.54, 1.807) is 0 Å². The van der Waals surface area contributed by atoms with Gasteiger partial charge in [0.25, 0.3) is 0 Å². The summed E-state index contributed by atoms with van der Waals surface area (Å²) in [6.07, 6.45) is 44.1. The summed E-state index contributed by atoms with van der Waals surface area (Å²) in [4.78, 5) is 24.2. The third-order valence-corrected chi connectivity index (χ3v) is 7.30. The summed E-state index contributed by atoms with van der Waals surface area (Å²) >= 11 is 0. The first-order valence-corrected chi connectivity index (χ1v) is 17.8. The highest BCUT2D eigenvalue weighted by Crippen LogP contribution is 2.11. The van der Waals surface area contributed by atoms with Gasteiger partial charge < -0.3 is 14.6 Å². The monoisotopic (exact) mass is 614 g/mol. The molecule has 0 amide bonds. The minimum absolute atomic E-state index is 0.0826. The Kier molecular flexibility index (Phi) is 33.2. The number of unbranched alkanes of at least 4 members (excludes halogenated alkanes) is 13. The van der Waals surface area contributed by atoms with Crippen molar-refractivity contribution in [1.29, 1.82) is 0 Å². The second-order valence-electron chi connectivity index (χ2n) is 11.6. The normalized spacial score (nSPS) is 12.9. The zero-order valence-electron chi connectivity index (χ0n) is 28.4. The number of aliphatic hydroxyl groups is 1. The zero-order chi connectivity index (χ0) is 32.2. The Hall–Kier alpha value is -2.40. The van der Waals surface area contributed by atoms with Gasteiger partial charge in [-0.2, -0.15) is 0 Å². The van der Waals surface area contributed by atoms with Crippen molar-refractivity contribution in [2.45, 2.75) is 161 Å². The van der Waals surface area contributed by atoms with Crippen LogP contribution in [0, 0.1) is 0 Å². The van der Waals surface area contributed by atoms with Gasteiger partial charge in [0.1, 0.15) is 6.61 Å². The van der Waals surface area contributed by atoms with Crippen molar-refractivity contribution < 1.29 is 24.2 Å². The molecule has 0 saturated carbocycles. The van der Waals surface area contributed by atoms with E-state index in [1.165, 1.54) is 44.9 Å². The van der Waals surface area contributed by atoms with E-state index >= 15 is 0 Å². The number of carbonyl (C=O) groups is 2. The van der Waals surface area contributed by atoms with Crippen LogP contribution < -0.4 is 0 Å². The van der Waals surface area contributed by atoms with Gasteiger partial charge in [0.2, 0.25) is 0 Å². The molecule has 0 radical (unpaired) electrons. The summed E-state index contributed by atoms with van der Waals surface area (Å²) in [6, 6.07) is 0. The van der Waals surface area contributed by atoms with Crippen molar-refractivity contribution in [3.8, 4) is 0 Å². The third-order valence-electron chi connectivity index (χ3n) is 7.30. The molecule has 0 spiro atoms. The first-order chi connectivity index (χ1) is 21.6. The zero-order valence-corrected chi connectivity index (χ0v) is 28.4. The molecule has 252 valence electrons. The van der Waals surface area contributed by atoms with Crippen LogP contribution in [0.25, 0.3) is 0 Å². The highest BCUT2D eigenvalue weighted by Gasteiger charge is 2.16. The largest absolute Gasteiger partial charge is 0.462 e. The summed E-state index contributed by atoms with van der Waals surface area (Å²) in [5, 5.41) is 9.52. The molecule has 0 aliphatic heterocycles. The standard InChI is InChI=1S/C39H66O5/c1-3-5-7-9-11-13-15-17-18-19-20-22-24-26-28-30-32-34-39(42)44-37(35-40)36-43-38(41)33-31-29-27-25-23-21-16-14-12-10-8-6-4-2/h5,7,11,13-14,16-18,20,22,37,40H,3-4,6,8-10,12,15,19,21,23-36H2,1-2H3/b7-5-,13-11-,16-14-,18-17-,22-20-/t37-/m0/s1. The highest BCUT2D eigenvalue weighted by molar-refractivity contribution is 5.70. The van der Waals surface area contributed by atoms with Crippen molar-refractivity contribution in [3.63, 3.8) is 0 Å². The second-order valence-corrected chi connectivity index (χ2v) is 11.6. The topological polar surface area (TPSA) is 72.8 Å². The first-order valence-electron chi connectivity index (χ1n) is 17.8. The molecule has 0 rings (SSSR count). The van der Waals surface area contributed by atoms with E-state index in [-0.39, 0.29) is 25.2 Å². The summed E-state index contributed by atoms with van der Waals surface area (Å²) in [7, 11) is 0. The Bertz CT molecular complexity index is 792. The predicted molar refractivity (Wildman–Crippen MR) is 187 cm³/mol. The fourth-order valence-corrected chi connectivity index (χ4v) is 4.60. The predicted octanol–water partition coefficient (Wildman–Crippen LogP) is 10.8. The first kappa shape index (κ1) is 41.6. The lowest BCUT2D eigenvalue weighted by atomic mass is 10.1. The van der Waals surface area contributed by atoms with Gasteiger partial charge >= 0.3 is 11.9 Å². The van der Waals surface area contributed by atoms with Crippen LogP contribution in [0.4, 0.5) is 0 Å². The van der Waals surface area contributed by atoms with Gasteiger partial charge in [-0.25, -0.2) is 0 Å². The van der Waals surface area contributed by atoms with Crippen molar-refractivity contribution >= 4 is 11.9 Å². The Balaban J connectivity index is 3.66. The van der Waals surface area contributed by atoms with Crippen LogP contribution in [0.5, 0.6) is 0 Å². The molecule has 0 bridgehead atoms. The van der Waals surface area contributed by atoms with E-state index < -0.39 is 6.10 Å². The van der Waals surface area contributed by atoms with Crippen LogP contribution >= 0.6 is 0 Å². The number of carbonyl (C=O) groups excluding carboxylic acids is 2. The van der Waals surface area contributed by atoms with Gasteiger partial charge in [-0.3, -0.25) is 9.59 Å². The molecule has 5 nitrogen and oxygen atoms in total. The minimum Gasteiger partial charge on any atom is -0.462 e. The SMILES string of the molecule is CC/C=C\C/C=C\C/C=C\C/C=C\CCCCCCC(=O)O[C@@H](CO)COC(=O)CCCCCCC/C=C\CCCCCC. The molecule has 0 aliphatic rings. The number of aliphatic hydroxyl groups excluding tert-OH is 1. The van der Waals surface area contributed by atoms with Gasteiger partial charge in [-0.15, -0.1) is 0 Å². The van der Waals surface area contributed by atoms with E-state index in [4.69, 9.17) is 9.47 Å². The Labute approximate surface area is 271 Å². The van der Waals surface area contributed by atoms with Crippen molar-refractivity contribution in [2.24, 2.45) is 0 Å². The Morgan fingerprint density at radius 2 is 0.977 bits per heavy atom. The van der Waals surface area contributed by atoms with Gasteiger partial charge in [-0.05, 0) is 77.0 Å². The van der Waals surface area contributed by atoms with E-state index in [1.807, 2.05) is 0 Å². The van der Waals surface area contributed by atoms with Crippen molar-refractivity contribution in [3.05, 3.63) is 60.8 Å². The molecule has 44 heavy (non-hydrogen) atoms. The second kappa shape index (κ2) is 35.1. The van der Waals surface area contributed by atoms with Gasteiger partial charge in [-0.1, -0.05) is 126 Å². The number of esters is 2. The molecule has 0 heterocycles. The molecule has 0 aliphatic carbocycles. The average molecular weight is 615 g/mol. The molecular formula is C39H66O5. The maximum atomic E-state index is 12.1. The van der Waals surface area contributed by atoms with Gasteiger partial charge in [0.15, 0.2) is 6.10 Å². The number of rotatable bonds is 31. The maximum Gasteiger partial charge on any atom is 0.306 e. The summed E-state index contributed by atoms with van der Waals surface area (Å²) in [5.41, 5.74) is 0. The summed E-state index contributed by atoms with van der Waals surface area (Å²) in [6.45, 7) is 3.96. The fourth-order valence-electron chi connectivity index (χ4n) is 4.60. The number of hydrogen-bond donors (Lipinski definition) is 1. The van der Waals surface area contributed by atoms with Crippen LogP contribution in [0.15, 0.2) is 60.8 Å². The third kappa shape index (κ3) is 32.5. The Morgan fingerprint density at radius 1 is 0.545 bits per heavy atom. The van der Waals surface area contributed by atoms with E-state index in [9.17, 15) is 14.7 Å². The molecule has 1 N–H and O–H groups in total. The van der Waals surface area contributed by atoms with Crippen molar-refractivity contribution in [1.82, 2.24) is 0 Å². The number of ether oxygens (including phenoxy) is 2. The smallest absolute Gasteiger partial charge is 0.306 e. The van der Waals surface area contributed by atoms with Crippen LogP contribution in [-0.2, 0) is 19.1 Å². The molecule has 0 aromatic rings. The van der Waals surface area contributed by atoms with Crippen LogP contribution in [0.1, 0.15) is 155 Å². The van der Waals surface area contributed by atoms with Crippen LogP contribution in [0.2, 0.25) is 0 Å². The lowest BCUT2D eigenvalue weighted by molar-refractivity contribution is -0.161. The van der Waals surface area contributed by atoms with E-state index in [0.717, 1.165) is 83.5 Å². The molecule has 0 unspecified atom stereocenters. The number of hydrogen-bond acceptors (Lipinski definition) is 5. The molecular weight excluding hydrogens is 548 g/mol. The quantitative estimate of drug-likeness (QED) is 0.0478. The molecule has 0 fully saturated rings. The minimum atomic E-state index is -0.788. The van der Waals surface area contributed by atoms with Crippen LogP contribution in [0.3, 0.4) is 0 Å².